The number of aryl methyl sites for hydroxylation is 3. The van der Waals surface area contributed by atoms with Gasteiger partial charge in [-0.3, -0.25) is 4.72 Å². The van der Waals surface area contributed by atoms with Gasteiger partial charge >= 0.3 is 0 Å². The second kappa shape index (κ2) is 5.17. The van der Waals surface area contributed by atoms with E-state index in [2.05, 4.69) is 4.72 Å². The Hall–Kier alpha value is -2.01. The summed E-state index contributed by atoms with van der Waals surface area (Å²) >= 11 is 0. The standard InChI is InChI=1S/C15H18N2O2S/c1-10-4-7-15(12(3)8-10)20(18,19)17-13-6-5-11(2)14(16)9-13/h4-9,17H,16H2,1-3H3. The van der Waals surface area contributed by atoms with E-state index in [0.717, 1.165) is 16.7 Å². The first-order valence-corrected chi connectivity index (χ1v) is 7.74. The normalized spacial score (nSPS) is 11.3. The van der Waals surface area contributed by atoms with E-state index < -0.39 is 10.0 Å². The average Bonchev–Trinajstić information content (AvgIpc) is 2.33. The lowest BCUT2D eigenvalue weighted by Crippen LogP contribution is -2.14. The molecule has 0 unspecified atom stereocenters. The van der Waals surface area contributed by atoms with Crippen LogP contribution in [0.3, 0.4) is 0 Å². The van der Waals surface area contributed by atoms with Crippen LogP contribution >= 0.6 is 0 Å². The molecule has 0 radical (unpaired) electrons. The van der Waals surface area contributed by atoms with Crippen LogP contribution < -0.4 is 10.5 Å². The van der Waals surface area contributed by atoms with Crippen LogP contribution in [0.15, 0.2) is 41.3 Å². The molecule has 4 nitrogen and oxygen atoms in total. The van der Waals surface area contributed by atoms with Gasteiger partial charge in [0.05, 0.1) is 10.6 Å². The average molecular weight is 290 g/mol. The minimum absolute atomic E-state index is 0.280. The Morgan fingerprint density at radius 3 is 2.25 bits per heavy atom. The van der Waals surface area contributed by atoms with Gasteiger partial charge in [-0.15, -0.1) is 0 Å². The van der Waals surface area contributed by atoms with E-state index in [1.165, 1.54) is 0 Å². The Kier molecular flexibility index (Phi) is 3.72. The smallest absolute Gasteiger partial charge is 0.262 e. The van der Waals surface area contributed by atoms with Gasteiger partial charge in [-0.2, -0.15) is 0 Å². The van der Waals surface area contributed by atoms with Gasteiger partial charge in [-0.05, 0) is 50.1 Å². The molecule has 0 amide bonds. The van der Waals surface area contributed by atoms with Crippen LogP contribution in [-0.4, -0.2) is 8.42 Å². The summed E-state index contributed by atoms with van der Waals surface area (Å²) in [7, 11) is -3.60. The fourth-order valence-electron chi connectivity index (χ4n) is 2.01. The zero-order chi connectivity index (χ0) is 14.9. The van der Waals surface area contributed by atoms with Crippen molar-refractivity contribution < 1.29 is 8.42 Å². The Bertz CT molecular complexity index is 752. The van der Waals surface area contributed by atoms with Crippen molar-refractivity contribution in [3.8, 4) is 0 Å². The van der Waals surface area contributed by atoms with Crippen molar-refractivity contribution in [2.75, 3.05) is 10.5 Å². The third-order valence-electron chi connectivity index (χ3n) is 3.15. The lowest BCUT2D eigenvalue weighted by Gasteiger charge is -2.12. The van der Waals surface area contributed by atoms with Crippen molar-refractivity contribution in [2.45, 2.75) is 25.7 Å². The number of hydrogen-bond acceptors (Lipinski definition) is 3. The topological polar surface area (TPSA) is 72.2 Å². The molecule has 0 aliphatic heterocycles. The maximum absolute atomic E-state index is 12.4. The van der Waals surface area contributed by atoms with E-state index in [9.17, 15) is 8.42 Å². The van der Waals surface area contributed by atoms with Crippen LogP contribution in [0.2, 0.25) is 0 Å². The monoisotopic (exact) mass is 290 g/mol. The lowest BCUT2D eigenvalue weighted by atomic mass is 10.2. The molecule has 0 spiro atoms. The first-order chi connectivity index (χ1) is 9.29. The number of hydrogen-bond donors (Lipinski definition) is 2. The molecule has 0 bridgehead atoms. The van der Waals surface area contributed by atoms with Crippen LogP contribution in [0.4, 0.5) is 11.4 Å². The molecule has 3 N–H and O–H groups in total. The van der Waals surface area contributed by atoms with Gasteiger partial charge in [0.1, 0.15) is 0 Å². The van der Waals surface area contributed by atoms with Crippen LogP contribution in [0, 0.1) is 20.8 Å². The highest BCUT2D eigenvalue weighted by Crippen LogP contribution is 2.22. The number of nitrogens with two attached hydrogens (primary N) is 1. The molecule has 2 aromatic rings. The molecule has 20 heavy (non-hydrogen) atoms. The molecular weight excluding hydrogens is 272 g/mol. The maximum Gasteiger partial charge on any atom is 0.262 e. The van der Waals surface area contributed by atoms with Gasteiger partial charge in [0.25, 0.3) is 10.0 Å². The maximum atomic E-state index is 12.4. The Morgan fingerprint density at radius 2 is 1.65 bits per heavy atom. The second-order valence-electron chi connectivity index (χ2n) is 4.95. The van der Waals surface area contributed by atoms with E-state index in [1.54, 1.807) is 37.3 Å². The van der Waals surface area contributed by atoms with Crippen molar-refractivity contribution in [3.05, 3.63) is 53.1 Å². The molecule has 0 saturated carbocycles. The lowest BCUT2D eigenvalue weighted by molar-refractivity contribution is 0.600. The molecular formula is C15H18N2O2S. The van der Waals surface area contributed by atoms with Gasteiger partial charge in [-0.1, -0.05) is 23.8 Å². The second-order valence-corrected chi connectivity index (χ2v) is 6.60. The van der Waals surface area contributed by atoms with Crippen LogP contribution in [0.25, 0.3) is 0 Å². The molecule has 2 rings (SSSR count). The number of nitrogens with one attached hydrogen (secondary N) is 1. The number of rotatable bonds is 3. The summed E-state index contributed by atoms with van der Waals surface area (Å²) in [5.41, 5.74) is 9.48. The molecule has 0 aromatic heterocycles. The fraction of sp³-hybridized carbons (Fsp3) is 0.200. The highest BCUT2D eigenvalue weighted by Gasteiger charge is 2.17. The van der Waals surface area contributed by atoms with Gasteiger partial charge in [0.15, 0.2) is 0 Å². The van der Waals surface area contributed by atoms with Crippen molar-refractivity contribution in [3.63, 3.8) is 0 Å². The van der Waals surface area contributed by atoms with Crippen molar-refractivity contribution >= 4 is 21.4 Å². The summed E-state index contributed by atoms with van der Waals surface area (Å²) in [6, 6.07) is 10.4. The van der Waals surface area contributed by atoms with Gasteiger partial charge in [-0.25, -0.2) is 8.42 Å². The van der Waals surface area contributed by atoms with Crippen LogP contribution in [0.1, 0.15) is 16.7 Å². The predicted octanol–water partition coefficient (Wildman–Crippen LogP) is 2.99. The summed E-state index contributed by atoms with van der Waals surface area (Å²) in [6.45, 7) is 5.58. The third-order valence-corrected chi connectivity index (χ3v) is 4.69. The summed E-state index contributed by atoms with van der Waals surface area (Å²) in [5.74, 6) is 0. The van der Waals surface area contributed by atoms with Gasteiger partial charge in [0.2, 0.25) is 0 Å². The quantitative estimate of drug-likeness (QED) is 0.854. The van der Waals surface area contributed by atoms with E-state index in [0.29, 0.717) is 11.4 Å². The van der Waals surface area contributed by atoms with Crippen molar-refractivity contribution in [2.24, 2.45) is 0 Å². The zero-order valence-corrected chi connectivity index (χ0v) is 12.6. The number of nitrogen functional groups attached to an aromatic ring is 1. The zero-order valence-electron chi connectivity index (χ0n) is 11.8. The van der Waals surface area contributed by atoms with Crippen molar-refractivity contribution in [1.29, 1.82) is 0 Å². The minimum atomic E-state index is -3.60. The molecule has 0 fully saturated rings. The first-order valence-electron chi connectivity index (χ1n) is 6.26. The minimum Gasteiger partial charge on any atom is -0.398 e. The number of sulfonamides is 1. The Morgan fingerprint density at radius 1 is 0.950 bits per heavy atom. The third kappa shape index (κ3) is 2.93. The Labute approximate surface area is 119 Å². The summed E-state index contributed by atoms with van der Waals surface area (Å²) < 4.78 is 27.3. The SMILES string of the molecule is Cc1ccc(S(=O)(=O)Nc2ccc(C)c(N)c2)c(C)c1. The molecule has 0 atom stereocenters. The molecule has 0 heterocycles. The Balaban J connectivity index is 2.38. The number of anilines is 2. The van der Waals surface area contributed by atoms with Crippen molar-refractivity contribution in [1.82, 2.24) is 0 Å². The van der Waals surface area contributed by atoms with E-state index in [-0.39, 0.29) is 4.90 Å². The molecule has 0 aliphatic rings. The van der Waals surface area contributed by atoms with Gasteiger partial charge < -0.3 is 5.73 Å². The summed E-state index contributed by atoms with van der Waals surface area (Å²) in [5, 5.41) is 0. The van der Waals surface area contributed by atoms with Crippen LogP contribution in [-0.2, 0) is 10.0 Å². The highest BCUT2D eigenvalue weighted by molar-refractivity contribution is 7.92. The molecule has 2 aromatic carbocycles. The largest absolute Gasteiger partial charge is 0.398 e. The van der Waals surface area contributed by atoms with E-state index >= 15 is 0 Å². The van der Waals surface area contributed by atoms with E-state index in [4.69, 9.17) is 5.73 Å². The molecule has 5 heteroatoms. The summed E-state index contributed by atoms with van der Waals surface area (Å²) in [6.07, 6.45) is 0. The fourth-order valence-corrected chi connectivity index (χ4v) is 3.29. The molecule has 106 valence electrons. The number of benzene rings is 2. The van der Waals surface area contributed by atoms with E-state index in [1.807, 2.05) is 19.9 Å². The first kappa shape index (κ1) is 14.4. The highest BCUT2D eigenvalue weighted by atomic mass is 32.2. The van der Waals surface area contributed by atoms with Gasteiger partial charge in [0, 0.05) is 5.69 Å². The molecule has 0 aliphatic carbocycles. The van der Waals surface area contributed by atoms with Crippen LogP contribution in [0.5, 0.6) is 0 Å². The predicted molar refractivity (Wildman–Crippen MR) is 82.3 cm³/mol. The summed E-state index contributed by atoms with van der Waals surface area (Å²) in [4.78, 5) is 0.280. The molecule has 0 saturated heterocycles.